The largest absolute Gasteiger partial charge is 0.497 e. The lowest BCUT2D eigenvalue weighted by atomic mass is 9.77. The van der Waals surface area contributed by atoms with Crippen molar-refractivity contribution < 1.29 is 37.1 Å². The van der Waals surface area contributed by atoms with Crippen molar-refractivity contribution in [2.75, 3.05) is 7.11 Å². The molecule has 3 aromatic rings. The minimum atomic E-state index is -4.27. The van der Waals surface area contributed by atoms with Gasteiger partial charge < -0.3 is 20.1 Å². The third-order valence-electron chi connectivity index (χ3n) is 10.9. The zero-order valence-corrected chi connectivity index (χ0v) is 32.6. The number of nitrogens with zero attached hydrogens (tertiary/aromatic N) is 4. The molecule has 1 aromatic heterocycles. The maximum atomic E-state index is 14.6. The summed E-state index contributed by atoms with van der Waals surface area (Å²) in [5.41, 5.74) is -0.794. The van der Waals surface area contributed by atoms with Crippen LogP contribution in [0.5, 0.6) is 5.75 Å². The number of Topliss-reactive ketones (excluding diaryl/α,β-unsaturated/α-hetero) is 1. The third kappa shape index (κ3) is 8.58. The molecular formula is C39H49N7O8S. The normalized spacial score (nSPS) is 24.2. The number of alkyl carbamates (subject to hydrolysis) is 1. The first-order chi connectivity index (χ1) is 26.0. The van der Waals surface area contributed by atoms with E-state index in [1.54, 1.807) is 49.6 Å². The molecule has 0 saturated heterocycles. The highest BCUT2D eigenvalue weighted by molar-refractivity contribution is 7.90. The number of nitrogens with one attached hydrogen (secondary N) is 3. The summed E-state index contributed by atoms with van der Waals surface area (Å²) in [6.07, 6.45) is 3.92. The van der Waals surface area contributed by atoms with Gasteiger partial charge in [0, 0.05) is 17.4 Å². The highest BCUT2D eigenvalue weighted by atomic mass is 32.2. The Bertz CT molecular complexity index is 2040. The van der Waals surface area contributed by atoms with Crippen LogP contribution < -0.4 is 20.1 Å². The van der Waals surface area contributed by atoms with E-state index in [1.165, 1.54) is 16.9 Å². The molecule has 3 N–H and O–H groups in total. The van der Waals surface area contributed by atoms with Crippen LogP contribution in [0.2, 0.25) is 0 Å². The smallest absolute Gasteiger partial charge is 0.408 e. The van der Waals surface area contributed by atoms with E-state index in [-0.39, 0.29) is 36.0 Å². The number of hydrogen-bond acceptors (Lipinski definition) is 11. The zero-order chi connectivity index (χ0) is 39.7. The number of carbonyl (C=O) groups is 4. The van der Waals surface area contributed by atoms with E-state index in [1.807, 2.05) is 27.7 Å². The summed E-state index contributed by atoms with van der Waals surface area (Å²) in [7, 11) is -2.70. The number of sulfonamides is 1. The molecule has 3 aliphatic carbocycles. The summed E-state index contributed by atoms with van der Waals surface area (Å²) < 4.78 is 39.5. The molecule has 15 nitrogen and oxygen atoms in total. The van der Waals surface area contributed by atoms with E-state index in [4.69, 9.17) is 9.47 Å². The highest BCUT2D eigenvalue weighted by Crippen LogP contribution is 2.48. The number of ketones is 1. The van der Waals surface area contributed by atoms with Gasteiger partial charge in [-0.3, -0.25) is 14.4 Å². The van der Waals surface area contributed by atoms with Gasteiger partial charge in [-0.15, -0.1) is 16.8 Å². The van der Waals surface area contributed by atoms with Crippen LogP contribution in [0.25, 0.3) is 11.4 Å². The van der Waals surface area contributed by atoms with Crippen molar-refractivity contribution in [1.82, 2.24) is 35.6 Å². The number of carbonyl (C=O) groups excluding carboxylic acids is 4. The van der Waals surface area contributed by atoms with Gasteiger partial charge in [0.15, 0.2) is 5.78 Å². The van der Waals surface area contributed by atoms with Crippen molar-refractivity contribution in [2.24, 2.45) is 23.2 Å². The van der Waals surface area contributed by atoms with Gasteiger partial charge >= 0.3 is 6.09 Å². The van der Waals surface area contributed by atoms with Crippen LogP contribution in [0.4, 0.5) is 4.79 Å². The summed E-state index contributed by atoms with van der Waals surface area (Å²) >= 11 is 0. The van der Waals surface area contributed by atoms with Crippen molar-refractivity contribution in [3.05, 3.63) is 66.7 Å². The van der Waals surface area contributed by atoms with Crippen LogP contribution in [-0.2, 0) is 29.1 Å². The first kappa shape index (κ1) is 39.6. The van der Waals surface area contributed by atoms with Gasteiger partial charge in [0.2, 0.25) is 11.7 Å². The fourth-order valence-corrected chi connectivity index (χ4v) is 8.40. The van der Waals surface area contributed by atoms with Gasteiger partial charge in [0.25, 0.3) is 15.9 Å². The molecule has 0 radical (unpaired) electrons. The SMILES string of the molecule is C=CC[C@@H]1C[C@@]1(NC(=O)[C@@H]1C[C@@H](n2nnc(-c3ccc(OC)cc3)n2)CC1C(=O)C(NC(=O)OC1CCC1)C(C)(C)C)C(=O)NS(=O)(=O)c1ccc(C)cc1. The van der Waals surface area contributed by atoms with Gasteiger partial charge in [-0.1, -0.05) is 44.5 Å². The maximum absolute atomic E-state index is 14.6. The van der Waals surface area contributed by atoms with Gasteiger partial charge in [-0.2, -0.15) is 4.80 Å². The summed E-state index contributed by atoms with van der Waals surface area (Å²) in [6.45, 7) is 11.0. The van der Waals surface area contributed by atoms with Crippen LogP contribution in [0.15, 0.2) is 66.1 Å². The molecule has 3 aliphatic rings. The standard InChI is InChI=1S/C39H49N7O8S/c1-7-9-25-22-39(25,36(49)44-55(51,52)29-18-12-23(2)13-19-29)41-35(48)31-21-26(46-43-34(42-45-46)24-14-16-27(53-6)17-15-24)20-30(31)32(47)33(38(3,4)5)40-37(50)54-28-10-8-11-28/h7,12-19,25-26,28,30-31,33H,1,8-11,20-22H2,2-6H3,(H,40,50)(H,41,48)(H,44,49)/t25-,26+,30?,31-,33?,39+/m1/s1. The number of benzene rings is 2. The summed E-state index contributed by atoms with van der Waals surface area (Å²) in [6, 6.07) is 11.6. The second-order valence-corrected chi connectivity index (χ2v) is 17.6. The fraction of sp³-hybridized carbons (Fsp3) is 0.513. The van der Waals surface area contributed by atoms with E-state index >= 15 is 0 Å². The van der Waals surface area contributed by atoms with Crippen molar-refractivity contribution in [3.63, 3.8) is 0 Å². The molecule has 0 bridgehead atoms. The van der Waals surface area contributed by atoms with Gasteiger partial charge in [0.05, 0.1) is 24.1 Å². The Balaban J connectivity index is 1.28. The first-order valence-electron chi connectivity index (χ1n) is 18.6. The van der Waals surface area contributed by atoms with Crippen LogP contribution in [0.3, 0.4) is 0 Å². The number of rotatable bonds is 14. The van der Waals surface area contributed by atoms with Crippen LogP contribution >= 0.6 is 0 Å². The lowest BCUT2D eigenvalue weighted by molar-refractivity contribution is -0.137. The lowest BCUT2D eigenvalue weighted by Crippen LogP contribution is -2.55. The molecule has 55 heavy (non-hydrogen) atoms. The van der Waals surface area contributed by atoms with Gasteiger partial charge in [-0.25, -0.2) is 17.9 Å². The Morgan fingerprint density at radius 3 is 2.31 bits per heavy atom. The van der Waals surface area contributed by atoms with E-state index in [2.05, 4.69) is 37.3 Å². The zero-order valence-electron chi connectivity index (χ0n) is 31.8. The molecule has 16 heteroatoms. The molecule has 6 atom stereocenters. The second-order valence-electron chi connectivity index (χ2n) is 15.9. The average molecular weight is 776 g/mol. The van der Waals surface area contributed by atoms with E-state index < -0.39 is 68.7 Å². The molecule has 0 spiro atoms. The Morgan fingerprint density at radius 1 is 1.04 bits per heavy atom. The average Bonchev–Trinajstić information content (AvgIpc) is 3.43. The monoisotopic (exact) mass is 775 g/mol. The third-order valence-corrected chi connectivity index (χ3v) is 12.3. The van der Waals surface area contributed by atoms with Crippen LogP contribution in [0, 0.1) is 30.1 Å². The number of allylic oxidation sites excluding steroid dienone is 1. The number of hydrogen-bond donors (Lipinski definition) is 3. The predicted molar refractivity (Wildman–Crippen MR) is 201 cm³/mol. The quantitative estimate of drug-likeness (QED) is 0.196. The number of aryl methyl sites for hydroxylation is 1. The number of aromatic nitrogens is 4. The van der Waals surface area contributed by atoms with Gasteiger partial charge in [0.1, 0.15) is 17.4 Å². The number of tetrazole rings is 1. The van der Waals surface area contributed by atoms with Crippen LogP contribution in [-0.4, -0.2) is 77.1 Å². The molecule has 294 valence electrons. The topological polar surface area (TPSA) is 201 Å². The van der Waals surface area contributed by atoms with Gasteiger partial charge in [-0.05, 0) is 105 Å². The molecule has 2 aromatic carbocycles. The summed E-state index contributed by atoms with van der Waals surface area (Å²) in [5, 5.41) is 18.8. The Hall–Kier alpha value is -5.12. The second kappa shape index (κ2) is 15.6. The van der Waals surface area contributed by atoms with E-state index in [0.717, 1.165) is 24.8 Å². The van der Waals surface area contributed by atoms with Crippen molar-refractivity contribution in [1.29, 1.82) is 0 Å². The lowest BCUT2D eigenvalue weighted by Gasteiger charge is -2.34. The Labute approximate surface area is 321 Å². The fourth-order valence-electron chi connectivity index (χ4n) is 7.36. The molecule has 3 amide bonds. The highest BCUT2D eigenvalue weighted by Gasteiger charge is 2.62. The Kier molecular flexibility index (Phi) is 11.2. The van der Waals surface area contributed by atoms with Crippen molar-refractivity contribution in [3.8, 4) is 17.1 Å². The Morgan fingerprint density at radius 2 is 1.71 bits per heavy atom. The van der Waals surface area contributed by atoms with Crippen LogP contribution in [0.1, 0.15) is 77.3 Å². The van der Waals surface area contributed by atoms with Crippen molar-refractivity contribution >= 4 is 33.7 Å². The molecule has 0 aliphatic heterocycles. The molecule has 2 unspecified atom stereocenters. The number of ether oxygens (including phenoxy) is 2. The first-order valence-corrected chi connectivity index (χ1v) is 20.0. The van der Waals surface area contributed by atoms with E-state index in [9.17, 15) is 27.6 Å². The van der Waals surface area contributed by atoms with Crippen molar-refractivity contribution in [2.45, 2.75) is 101 Å². The molecule has 3 fully saturated rings. The minimum Gasteiger partial charge on any atom is -0.497 e. The molecule has 1 heterocycles. The molecule has 3 saturated carbocycles. The summed E-state index contributed by atoms with van der Waals surface area (Å²) in [4.78, 5) is 57.3. The minimum absolute atomic E-state index is 0.0935. The molecule has 6 rings (SSSR count). The predicted octanol–water partition coefficient (Wildman–Crippen LogP) is 4.44. The maximum Gasteiger partial charge on any atom is 0.408 e. The molecular weight excluding hydrogens is 727 g/mol. The van der Waals surface area contributed by atoms with E-state index in [0.29, 0.717) is 23.6 Å². The number of amides is 3. The number of methoxy groups -OCH3 is 1. The summed E-state index contributed by atoms with van der Waals surface area (Å²) in [5.74, 6) is -3.23.